The van der Waals surface area contributed by atoms with E-state index in [0.29, 0.717) is 24.5 Å². The van der Waals surface area contributed by atoms with Crippen molar-refractivity contribution in [2.24, 2.45) is 0 Å². The number of ether oxygens (including phenoxy) is 2. The molecule has 1 fully saturated rings. The second-order valence-corrected chi connectivity index (χ2v) is 7.05. The first-order chi connectivity index (χ1) is 8.47. The summed E-state index contributed by atoms with van der Waals surface area (Å²) in [5.74, 6) is 1.25. The minimum atomic E-state index is -3.47. The van der Waals surface area contributed by atoms with Gasteiger partial charge in [-0.1, -0.05) is 6.07 Å². The van der Waals surface area contributed by atoms with Crippen LogP contribution in [0.2, 0.25) is 0 Å². The average Bonchev–Trinajstić information content (AvgIpc) is 3.09. The van der Waals surface area contributed by atoms with E-state index < -0.39 is 14.3 Å². The molecule has 0 amide bonds. The summed E-state index contributed by atoms with van der Waals surface area (Å²) in [6.07, 6.45) is 0.572. The summed E-state index contributed by atoms with van der Waals surface area (Å²) in [6.45, 7) is 2.45. The molecular weight excluding hydrogens is 276 g/mol. The summed E-state index contributed by atoms with van der Waals surface area (Å²) in [5, 5.41) is -0.471. The van der Waals surface area contributed by atoms with Crippen LogP contribution in [-0.2, 0) is 9.05 Å². The molecule has 18 heavy (non-hydrogen) atoms. The number of halogens is 1. The average molecular weight is 291 g/mol. The van der Waals surface area contributed by atoms with Gasteiger partial charge in [0.2, 0.25) is 9.05 Å². The number of hydrogen-bond acceptors (Lipinski definition) is 4. The first-order valence-electron chi connectivity index (χ1n) is 5.71. The van der Waals surface area contributed by atoms with E-state index in [4.69, 9.17) is 20.2 Å². The molecule has 1 aromatic rings. The van der Waals surface area contributed by atoms with Crippen LogP contribution in [0.3, 0.4) is 0 Å². The normalized spacial score (nSPS) is 22.6. The quantitative estimate of drug-likeness (QED) is 0.782. The Morgan fingerprint density at radius 1 is 1.39 bits per heavy atom. The van der Waals surface area contributed by atoms with Crippen LogP contribution in [0.4, 0.5) is 0 Å². The molecular formula is C12H15ClO4S. The fourth-order valence-corrected chi connectivity index (χ4v) is 3.60. The van der Waals surface area contributed by atoms with Gasteiger partial charge >= 0.3 is 0 Å². The topological polar surface area (TPSA) is 52.6 Å². The molecule has 1 saturated carbocycles. The third-order valence-corrected chi connectivity index (χ3v) is 4.94. The van der Waals surface area contributed by atoms with Gasteiger partial charge in [-0.25, -0.2) is 8.42 Å². The van der Waals surface area contributed by atoms with Gasteiger partial charge in [-0.2, -0.15) is 0 Å². The Labute approximate surface area is 111 Å². The van der Waals surface area contributed by atoms with Crippen molar-refractivity contribution in [3.05, 3.63) is 23.8 Å². The van der Waals surface area contributed by atoms with Crippen LogP contribution in [0, 0.1) is 0 Å². The van der Waals surface area contributed by atoms with Crippen molar-refractivity contribution >= 4 is 19.7 Å². The minimum Gasteiger partial charge on any atom is -0.493 e. The number of methoxy groups -OCH3 is 1. The van der Waals surface area contributed by atoms with Crippen molar-refractivity contribution in [3.63, 3.8) is 0 Å². The highest BCUT2D eigenvalue weighted by Crippen LogP contribution is 2.48. The monoisotopic (exact) mass is 290 g/mol. The van der Waals surface area contributed by atoms with Gasteiger partial charge in [-0.05, 0) is 31.0 Å². The maximum atomic E-state index is 11.2. The summed E-state index contributed by atoms with van der Waals surface area (Å²) in [4.78, 5) is 0. The molecule has 0 bridgehead atoms. The summed E-state index contributed by atoms with van der Waals surface area (Å²) in [5.41, 5.74) is 0.921. The zero-order valence-corrected chi connectivity index (χ0v) is 11.8. The number of hydrogen-bond donors (Lipinski definition) is 0. The predicted molar refractivity (Wildman–Crippen MR) is 70.1 cm³/mol. The van der Waals surface area contributed by atoms with Gasteiger partial charge in [0, 0.05) is 16.6 Å². The molecule has 0 N–H and O–H groups in total. The Morgan fingerprint density at radius 3 is 2.61 bits per heavy atom. The van der Waals surface area contributed by atoms with Gasteiger partial charge in [-0.3, -0.25) is 0 Å². The molecule has 1 aromatic carbocycles. The third-order valence-electron chi connectivity index (χ3n) is 3.01. The van der Waals surface area contributed by atoms with E-state index in [1.54, 1.807) is 13.2 Å². The molecule has 0 saturated heterocycles. The lowest BCUT2D eigenvalue weighted by Crippen LogP contribution is -2.00. The van der Waals surface area contributed by atoms with Crippen LogP contribution in [0.25, 0.3) is 0 Å². The Bertz CT molecular complexity index is 541. The van der Waals surface area contributed by atoms with Crippen molar-refractivity contribution in [1.29, 1.82) is 0 Å². The molecule has 2 atom stereocenters. The molecule has 4 nitrogen and oxygen atoms in total. The van der Waals surface area contributed by atoms with Crippen molar-refractivity contribution in [3.8, 4) is 11.5 Å². The first kappa shape index (κ1) is 13.5. The SMILES string of the molecule is CCOc1ccc(C2CC2S(=O)(=O)Cl)cc1OC. The standard InChI is InChI=1S/C12H15ClO4S/c1-3-17-10-5-4-8(6-11(10)16-2)9-7-12(9)18(13,14)15/h4-6,9,12H,3,7H2,1-2H3. The second-order valence-electron chi connectivity index (χ2n) is 4.20. The Hall–Kier alpha value is -0.940. The molecule has 0 heterocycles. The lowest BCUT2D eigenvalue weighted by molar-refractivity contribution is 0.310. The van der Waals surface area contributed by atoms with E-state index in [9.17, 15) is 8.42 Å². The van der Waals surface area contributed by atoms with Crippen LogP contribution < -0.4 is 9.47 Å². The van der Waals surface area contributed by atoms with Crippen molar-refractivity contribution in [1.82, 2.24) is 0 Å². The molecule has 0 aliphatic heterocycles. The Kier molecular flexibility index (Phi) is 3.73. The van der Waals surface area contributed by atoms with E-state index >= 15 is 0 Å². The molecule has 6 heteroatoms. The number of rotatable bonds is 5. The minimum absolute atomic E-state index is 0.0305. The van der Waals surface area contributed by atoms with E-state index in [-0.39, 0.29) is 5.92 Å². The predicted octanol–water partition coefficient (Wildman–Crippen LogP) is 2.52. The van der Waals surface area contributed by atoms with E-state index in [1.807, 2.05) is 19.1 Å². The fourth-order valence-electron chi connectivity index (χ4n) is 2.02. The molecule has 0 aromatic heterocycles. The number of benzene rings is 1. The van der Waals surface area contributed by atoms with Crippen LogP contribution in [0.15, 0.2) is 18.2 Å². The van der Waals surface area contributed by atoms with Gasteiger partial charge in [0.15, 0.2) is 11.5 Å². The maximum absolute atomic E-state index is 11.2. The van der Waals surface area contributed by atoms with Crippen LogP contribution in [0.1, 0.15) is 24.8 Å². The highest BCUT2D eigenvalue weighted by Gasteiger charge is 2.47. The fraction of sp³-hybridized carbons (Fsp3) is 0.500. The Morgan fingerprint density at radius 2 is 2.11 bits per heavy atom. The molecule has 1 aliphatic carbocycles. The van der Waals surface area contributed by atoms with Gasteiger partial charge in [0.1, 0.15) is 0 Å². The molecule has 100 valence electrons. The molecule has 2 unspecified atom stereocenters. The lowest BCUT2D eigenvalue weighted by atomic mass is 10.1. The second kappa shape index (κ2) is 4.97. The first-order valence-corrected chi connectivity index (χ1v) is 8.08. The maximum Gasteiger partial charge on any atom is 0.236 e. The van der Waals surface area contributed by atoms with Gasteiger partial charge in [0.25, 0.3) is 0 Å². The highest BCUT2D eigenvalue weighted by molar-refractivity contribution is 8.14. The van der Waals surface area contributed by atoms with Crippen molar-refractivity contribution in [2.75, 3.05) is 13.7 Å². The van der Waals surface area contributed by atoms with E-state index in [0.717, 1.165) is 5.56 Å². The zero-order valence-electron chi connectivity index (χ0n) is 10.2. The molecule has 0 spiro atoms. The van der Waals surface area contributed by atoms with Crippen LogP contribution in [0.5, 0.6) is 11.5 Å². The van der Waals surface area contributed by atoms with Gasteiger partial charge in [0.05, 0.1) is 19.0 Å². The largest absolute Gasteiger partial charge is 0.493 e. The van der Waals surface area contributed by atoms with Gasteiger partial charge < -0.3 is 9.47 Å². The summed E-state index contributed by atoms with van der Waals surface area (Å²) >= 11 is 0. The molecule has 0 radical (unpaired) electrons. The smallest absolute Gasteiger partial charge is 0.236 e. The zero-order chi connectivity index (χ0) is 13.3. The van der Waals surface area contributed by atoms with Crippen molar-refractivity contribution < 1.29 is 17.9 Å². The van der Waals surface area contributed by atoms with Crippen LogP contribution in [-0.4, -0.2) is 27.4 Å². The van der Waals surface area contributed by atoms with E-state index in [1.165, 1.54) is 0 Å². The van der Waals surface area contributed by atoms with Crippen molar-refractivity contribution in [2.45, 2.75) is 24.5 Å². The van der Waals surface area contributed by atoms with Gasteiger partial charge in [-0.15, -0.1) is 0 Å². The summed E-state index contributed by atoms with van der Waals surface area (Å²) < 4.78 is 33.1. The Balaban J connectivity index is 2.22. The van der Waals surface area contributed by atoms with E-state index in [2.05, 4.69) is 0 Å². The molecule has 2 rings (SSSR count). The third kappa shape index (κ3) is 2.72. The lowest BCUT2D eigenvalue weighted by Gasteiger charge is -2.10. The highest BCUT2D eigenvalue weighted by atomic mass is 35.7. The summed E-state index contributed by atoms with van der Waals surface area (Å²) in [6, 6.07) is 5.48. The molecule has 1 aliphatic rings. The van der Waals surface area contributed by atoms with Crippen LogP contribution >= 0.6 is 10.7 Å². The summed E-state index contributed by atoms with van der Waals surface area (Å²) in [7, 11) is 3.44.